The second-order valence-electron chi connectivity index (χ2n) is 8.54. The third-order valence-electron chi connectivity index (χ3n) is 4.91. The van der Waals surface area contributed by atoms with E-state index in [-0.39, 0.29) is 17.6 Å². The highest BCUT2D eigenvalue weighted by Gasteiger charge is 2.33. The van der Waals surface area contributed by atoms with Crippen molar-refractivity contribution in [2.45, 2.75) is 39.0 Å². The number of aromatic nitrogens is 4. The number of hydrogen-bond donors (Lipinski definition) is 1. The van der Waals surface area contributed by atoms with Gasteiger partial charge in [0, 0.05) is 18.6 Å². The van der Waals surface area contributed by atoms with Crippen molar-refractivity contribution in [1.82, 2.24) is 19.5 Å². The molecule has 4 rings (SSSR count). The monoisotopic (exact) mass is 434 g/mol. The number of hydrogen-bond acceptors (Lipinski definition) is 6. The summed E-state index contributed by atoms with van der Waals surface area (Å²) < 4.78 is 47.5. The van der Waals surface area contributed by atoms with Gasteiger partial charge in [-0.05, 0) is 32.4 Å². The number of nitrogens with zero attached hydrogens (tertiary/aromatic N) is 5. The molecule has 1 fully saturated rings. The predicted molar refractivity (Wildman–Crippen MR) is 112 cm³/mol. The third kappa shape index (κ3) is 4.73. The fourth-order valence-electron chi connectivity index (χ4n) is 3.55. The van der Waals surface area contributed by atoms with E-state index >= 15 is 0 Å². The summed E-state index contributed by atoms with van der Waals surface area (Å²) in [7, 11) is 0. The summed E-state index contributed by atoms with van der Waals surface area (Å²) in [6.07, 6.45) is -2.91. The fraction of sp³-hybridized carbons (Fsp3) is 0.476. The van der Waals surface area contributed by atoms with Crippen LogP contribution in [0.15, 0.2) is 30.6 Å². The predicted octanol–water partition coefficient (Wildman–Crippen LogP) is 3.94. The number of ether oxygens (including phenoxy) is 1. The highest BCUT2D eigenvalue weighted by atomic mass is 19.4. The van der Waals surface area contributed by atoms with Gasteiger partial charge in [0.25, 0.3) is 0 Å². The molecule has 3 heterocycles. The van der Waals surface area contributed by atoms with Crippen molar-refractivity contribution < 1.29 is 17.9 Å². The number of benzene rings is 1. The van der Waals surface area contributed by atoms with Crippen LogP contribution in [0.5, 0.6) is 0 Å². The standard InChI is InChI=1S/C21H25F3N6O/c1-20(2,3)28-19-26-17(29-8-10-31-11-9-29)16-18(27-19)30(13-25-16)12-14-6-4-5-7-15(14)21(22,23)24/h4-7,13H,8-12H2,1-3H3,(H,26,27,28). The number of anilines is 2. The van der Waals surface area contributed by atoms with E-state index in [9.17, 15) is 13.2 Å². The largest absolute Gasteiger partial charge is 0.416 e. The van der Waals surface area contributed by atoms with E-state index in [0.29, 0.717) is 49.2 Å². The number of halogens is 3. The molecule has 0 radical (unpaired) electrons. The van der Waals surface area contributed by atoms with Crippen LogP contribution >= 0.6 is 0 Å². The van der Waals surface area contributed by atoms with Crippen molar-refractivity contribution in [3.05, 3.63) is 41.7 Å². The molecule has 1 saturated heterocycles. The van der Waals surface area contributed by atoms with Gasteiger partial charge in [-0.1, -0.05) is 18.2 Å². The van der Waals surface area contributed by atoms with Crippen LogP contribution in [0.25, 0.3) is 11.2 Å². The first-order valence-corrected chi connectivity index (χ1v) is 10.1. The average Bonchev–Trinajstić information content (AvgIpc) is 3.09. The highest BCUT2D eigenvalue weighted by Crippen LogP contribution is 2.33. The maximum Gasteiger partial charge on any atom is 0.416 e. The van der Waals surface area contributed by atoms with Gasteiger partial charge < -0.3 is 19.5 Å². The van der Waals surface area contributed by atoms with E-state index < -0.39 is 11.7 Å². The van der Waals surface area contributed by atoms with Gasteiger partial charge in [0.05, 0.1) is 31.6 Å². The topological polar surface area (TPSA) is 68.1 Å². The summed E-state index contributed by atoms with van der Waals surface area (Å²) in [5.41, 5.74) is 0.258. The van der Waals surface area contributed by atoms with E-state index in [1.54, 1.807) is 10.6 Å². The average molecular weight is 434 g/mol. The maximum atomic E-state index is 13.5. The van der Waals surface area contributed by atoms with Crippen molar-refractivity contribution in [2.24, 2.45) is 0 Å². The lowest BCUT2D eigenvalue weighted by molar-refractivity contribution is -0.138. The summed E-state index contributed by atoms with van der Waals surface area (Å²) in [4.78, 5) is 15.8. The maximum absolute atomic E-state index is 13.5. The molecule has 1 aliphatic rings. The minimum absolute atomic E-state index is 0.000700. The van der Waals surface area contributed by atoms with Gasteiger partial charge in [0.2, 0.25) is 5.95 Å². The van der Waals surface area contributed by atoms with Crippen LogP contribution in [0.1, 0.15) is 31.9 Å². The van der Waals surface area contributed by atoms with E-state index in [0.717, 1.165) is 6.07 Å². The molecular formula is C21H25F3N6O. The van der Waals surface area contributed by atoms with Crippen LogP contribution in [0.4, 0.5) is 24.9 Å². The molecule has 166 valence electrons. The Morgan fingerprint density at radius 2 is 1.77 bits per heavy atom. The van der Waals surface area contributed by atoms with Gasteiger partial charge in [-0.25, -0.2) is 4.98 Å². The van der Waals surface area contributed by atoms with Crippen LogP contribution in [0.3, 0.4) is 0 Å². The molecule has 1 aliphatic heterocycles. The molecule has 3 aromatic rings. The van der Waals surface area contributed by atoms with Crippen LogP contribution in [0.2, 0.25) is 0 Å². The van der Waals surface area contributed by atoms with E-state index in [2.05, 4.69) is 25.2 Å². The Bertz CT molecular complexity index is 1070. The zero-order valence-electron chi connectivity index (χ0n) is 17.7. The molecule has 7 nitrogen and oxygen atoms in total. The fourth-order valence-corrected chi connectivity index (χ4v) is 3.55. The lowest BCUT2D eigenvalue weighted by Gasteiger charge is -2.29. The Kier molecular flexibility index (Phi) is 5.50. The van der Waals surface area contributed by atoms with Crippen molar-refractivity contribution in [3.8, 4) is 0 Å². The summed E-state index contributed by atoms with van der Waals surface area (Å²) in [5, 5.41) is 3.27. The second-order valence-corrected chi connectivity index (χ2v) is 8.54. The first-order valence-electron chi connectivity index (χ1n) is 10.1. The van der Waals surface area contributed by atoms with Gasteiger partial charge >= 0.3 is 6.18 Å². The number of nitrogens with one attached hydrogen (secondary N) is 1. The molecular weight excluding hydrogens is 409 g/mol. The quantitative estimate of drug-likeness (QED) is 0.671. The normalized spacial score (nSPS) is 15.5. The molecule has 10 heteroatoms. The van der Waals surface area contributed by atoms with Crippen LogP contribution < -0.4 is 10.2 Å². The number of imidazole rings is 1. The smallest absolute Gasteiger partial charge is 0.378 e. The van der Waals surface area contributed by atoms with Gasteiger partial charge in [0.1, 0.15) is 0 Å². The van der Waals surface area contributed by atoms with Crippen molar-refractivity contribution >= 4 is 22.9 Å². The lowest BCUT2D eigenvalue weighted by atomic mass is 10.1. The second kappa shape index (κ2) is 7.99. The van der Waals surface area contributed by atoms with Crippen LogP contribution in [-0.2, 0) is 17.5 Å². The number of morpholine rings is 1. The van der Waals surface area contributed by atoms with Crippen LogP contribution in [0, 0.1) is 0 Å². The van der Waals surface area contributed by atoms with Gasteiger partial charge in [-0.3, -0.25) is 0 Å². The summed E-state index contributed by atoms with van der Waals surface area (Å²) in [6.45, 7) is 8.44. The van der Waals surface area contributed by atoms with E-state index in [1.807, 2.05) is 20.8 Å². The Labute approximate surface area is 178 Å². The number of alkyl halides is 3. The lowest BCUT2D eigenvalue weighted by Crippen LogP contribution is -2.37. The van der Waals surface area contributed by atoms with Crippen molar-refractivity contribution in [3.63, 3.8) is 0 Å². The third-order valence-corrected chi connectivity index (χ3v) is 4.91. The Morgan fingerprint density at radius 3 is 2.45 bits per heavy atom. The zero-order chi connectivity index (χ0) is 22.2. The molecule has 0 atom stereocenters. The van der Waals surface area contributed by atoms with Gasteiger partial charge in [-0.2, -0.15) is 23.1 Å². The van der Waals surface area contributed by atoms with E-state index in [1.165, 1.54) is 18.5 Å². The first kappa shape index (κ1) is 21.4. The SMILES string of the molecule is CC(C)(C)Nc1nc(N2CCOCC2)c2ncn(Cc3ccccc3C(F)(F)F)c2n1. The van der Waals surface area contributed by atoms with Crippen molar-refractivity contribution in [1.29, 1.82) is 0 Å². The molecule has 0 saturated carbocycles. The Morgan fingerprint density at radius 1 is 1.06 bits per heavy atom. The molecule has 0 amide bonds. The minimum atomic E-state index is -4.43. The van der Waals surface area contributed by atoms with Gasteiger partial charge in [-0.15, -0.1) is 0 Å². The molecule has 0 bridgehead atoms. The molecule has 1 N–H and O–H groups in total. The first-order chi connectivity index (χ1) is 14.6. The number of fused-ring (bicyclic) bond motifs is 1. The van der Waals surface area contributed by atoms with Crippen LogP contribution in [-0.4, -0.2) is 51.4 Å². The summed E-state index contributed by atoms with van der Waals surface area (Å²) >= 11 is 0. The van der Waals surface area contributed by atoms with Crippen molar-refractivity contribution in [2.75, 3.05) is 36.5 Å². The van der Waals surface area contributed by atoms with E-state index in [4.69, 9.17) is 4.74 Å². The molecule has 0 aliphatic carbocycles. The molecule has 0 unspecified atom stereocenters. The molecule has 2 aromatic heterocycles. The highest BCUT2D eigenvalue weighted by molar-refractivity contribution is 5.85. The zero-order valence-corrected chi connectivity index (χ0v) is 17.7. The molecule has 1 aromatic carbocycles. The molecule has 31 heavy (non-hydrogen) atoms. The number of rotatable bonds is 4. The Hall–Kier alpha value is -2.88. The van der Waals surface area contributed by atoms with Gasteiger partial charge in [0.15, 0.2) is 17.0 Å². The summed E-state index contributed by atoms with van der Waals surface area (Å²) in [5.74, 6) is 1.07. The summed E-state index contributed by atoms with van der Waals surface area (Å²) in [6, 6.07) is 5.56. The molecule has 0 spiro atoms. The Balaban J connectivity index is 1.80. The minimum Gasteiger partial charge on any atom is -0.378 e.